The molecule has 0 N–H and O–H groups in total. The van der Waals surface area contributed by atoms with Crippen molar-refractivity contribution in [1.82, 2.24) is 0 Å². The maximum absolute atomic E-state index is 12.6. The second kappa shape index (κ2) is 5.74. The van der Waals surface area contributed by atoms with Crippen LogP contribution >= 0.6 is 0 Å². The van der Waals surface area contributed by atoms with E-state index >= 15 is 0 Å². The Morgan fingerprint density at radius 1 is 1.30 bits per heavy atom. The summed E-state index contributed by atoms with van der Waals surface area (Å²) < 4.78 is 43.5. The van der Waals surface area contributed by atoms with E-state index in [2.05, 4.69) is 6.92 Å². The zero-order valence-electron chi connectivity index (χ0n) is 11.2. The Bertz CT molecular complexity index is 519. The minimum Gasteiger partial charge on any atom is -0.489 e. The van der Waals surface area contributed by atoms with Gasteiger partial charge in [0, 0.05) is 0 Å². The lowest BCUT2D eigenvalue weighted by Gasteiger charge is -2.27. The van der Waals surface area contributed by atoms with Crippen LogP contribution in [0.2, 0.25) is 0 Å². The largest absolute Gasteiger partial charge is 0.489 e. The Hall–Kier alpha value is -1.70. The maximum Gasteiger partial charge on any atom is 0.416 e. The zero-order valence-corrected chi connectivity index (χ0v) is 11.2. The molecule has 0 aliphatic heterocycles. The predicted octanol–water partition coefficient (Wildman–Crippen LogP) is 4.53. The van der Waals surface area contributed by atoms with E-state index in [9.17, 15) is 13.2 Å². The van der Waals surface area contributed by atoms with Gasteiger partial charge in [-0.05, 0) is 43.4 Å². The lowest BCUT2D eigenvalue weighted by atomic mass is 9.88. The smallest absolute Gasteiger partial charge is 0.416 e. The fourth-order valence-electron chi connectivity index (χ4n) is 2.56. The molecule has 2 unspecified atom stereocenters. The van der Waals surface area contributed by atoms with Crippen LogP contribution in [0.1, 0.15) is 43.7 Å². The number of ether oxygens (including phenoxy) is 1. The summed E-state index contributed by atoms with van der Waals surface area (Å²) >= 11 is 0. The van der Waals surface area contributed by atoms with E-state index in [4.69, 9.17) is 10.00 Å². The van der Waals surface area contributed by atoms with Crippen molar-refractivity contribution < 1.29 is 17.9 Å². The van der Waals surface area contributed by atoms with Crippen molar-refractivity contribution in [3.05, 3.63) is 29.3 Å². The van der Waals surface area contributed by atoms with Crippen LogP contribution in [0.5, 0.6) is 5.75 Å². The van der Waals surface area contributed by atoms with Gasteiger partial charge in [0.15, 0.2) is 0 Å². The van der Waals surface area contributed by atoms with Gasteiger partial charge in [-0.1, -0.05) is 13.3 Å². The number of nitriles is 1. The van der Waals surface area contributed by atoms with Crippen LogP contribution < -0.4 is 4.74 Å². The molecule has 1 fully saturated rings. The van der Waals surface area contributed by atoms with E-state index in [1.807, 2.05) is 0 Å². The van der Waals surface area contributed by atoms with E-state index in [0.29, 0.717) is 5.92 Å². The standard InChI is InChI=1S/C15H16F3NO/c1-10-3-2-4-13(7-10)20-14-6-5-12(15(16,17)18)8-11(14)9-19/h5-6,8,10,13H,2-4,7H2,1H3. The number of rotatable bonds is 2. The summed E-state index contributed by atoms with van der Waals surface area (Å²) in [5.41, 5.74) is -0.878. The lowest BCUT2D eigenvalue weighted by molar-refractivity contribution is -0.137. The number of nitrogens with zero attached hydrogens (tertiary/aromatic N) is 1. The molecule has 0 amide bonds. The summed E-state index contributed by atoms with van der Waals surface area (Å²) in [6.45, 7) is 2.13. The Labute approximate surface area is 116 Å². The summed E-state index contributed by atoms with van der Waals surface area (Å²) in [7, 11) is 0. The van der Waals surface area contributed by atoms with Crippen LogP contribution in [0.4, 0.5) is 13.2 Å². The second-order valence-electron chi connectivity index (χ2n) is 5.33. The summed E-state index contributed by atoms with van der Waals surface area (Å²) in [6, 6.07) is 4.84. The molecule has 0 spiro atoms. The highest BCUT2D eigenvalue weighted by Crippen LogP contribution is 2.34. The number of hydrogen-bond acceptors (Lipinski definition) is 2. The molecule has 0 heterocycles. The van der Waals surface area contributed by atoms with Crippen molar-refractivity contribution >= 4 is 0 Å². The first-order valence-corrected chi connectivity index (χ1v) is 6.68. The van der Waals surface area contributed by atoms with E-state index in [0.717, 1.165) is 37.8 Å². The van der Waals surface area contributed by atoms with Crippen molar-refractivity contribution in [3.63, 3.8) is 0 Å². The highest BCUT2D eigenvalue weighted by atomic mass is 19.4. The number of benzene rings is 1. The average Bonchev–Trinajstić information content (AvgIpc) is 2.38. The van der Waals surface area contributed by atoms with Gasteiger partial charge in [-0.25, -0.2) is 0 Å². The van der Waals surface area contributed by atoms with Gasteiger partial charge in [0.05, 0.1) is 17.2 Å². The highest BCUT2D eigenvalue weighted by molar-refractivity contribution is 5.46. The highest BCUT2D eigenvalue weighted by Gasteiger charge is 2.31. The molecule has 0 aromatic heterocycles. The van der Waals surface area contributed by atoms with Crippen LogP contribution in [0.15, 0.2) is 18.2 Å². The Morgan fingerprint density at radius 2 is 2.05 bits per heavy atom. The molecule has 5 heteroatoms. The van der Waals surface area contributed by atoms with Gasteiger partial charge >= 0.3 is 6.18 Å². The molecule has 0 saturated heterocycles. The third-order valence-corrected chi connectivity index (χ3v) is 3.61. The molecule has 0 radical (unpaired) electrons. The first-order valence-electron chi connectivity index (χ1n) is 6.68. The Morgan fingerprint density at radius 3 is 2.65 bits per heavy atom. The van der Waals surface area contributed by atoms with Crippen molar-refractivity contribution in [1.29, 1.82) is 5.26 Å². The molecule has 1 aromatic carbocycles. The molecule has 2 atom stereocenters. The SMILES string of the molecule is CC1CCCC(Oc2ccc(C(F)(F)F)cc2C#N)C1. The van der Waals surface area contributed by atoms with Crippen molar-refractivity contribution in [2.75, 3.05) is 0 Å². The first kappa shape index (κ1) is 14.7. The van der Waals surface area contributed by atoms with E-state index in [1.54, 1.807) is 6.07 Å². The molecule has 108 valence electrons. The van der Waals surface area contributed by atoms with Crippen LogP contribution in [0.3, 0.4) is 0 Å². The quantitative estimate of drug-likeness (QED) is 0.798. The molecule has 2 nitrogen and oxygen atoms in total. The van der Waals surface area contributed by atoms with Gasteiger partial charge in [0.2, 0.25) is 0 Å². The summed E-state index contributed by atoms with van der Waals surface area (Å²) in [4.78, 5) is 0. The maximum atomic E-state index is 12.6. The summed E-state index contributed by atoms with van der Waals surface area (Å²) in [5, 5.41) is 8.99. The van der Waals surface area contributed by atoms with E-state index in [1.165, 1.54) is 6.07 Å². The van der Waals surface area contributed by atoms with Crippen molar-refractivity contribution in [2.24, 2.45) is 5.92 Å². The molecule has 0 bridgehead atoms. The number of hydrogen-bond donors (Lipinski definition) is 0. The molecule has 1 aromatic rings. The molecule has 1 aliphatic rings. The molecule has 2 rings (SSSR count). The van der Waals surface area contributed by atoms with Gasteiger partial charge < -0.3 is 4.74 Å². The normalized spacial score (nSPS) is 23.1. The van der Waals surface area contributed by atoms with Crippen LogP contribution in [0.25, 0.3) is 0 Å². The van der Waals surface area contributed by atoms with Crippen molar-refractivity contribution in [3.8, 4) is 11.8 Å². The number of alkyl halides is 3. The van der Waals surface area contributed by atoms with E-state index in [-0.39, 0.29) is 17.4 Å². The predicted molar refractivity (Wildman–Crippen MR) is 68.2 cm³/mol. The zero-order chi connectivity index (χ0) is 14.8. The Balaban J connectivity index is 2.18. The van der Waals surface area contributed by atoms with E-state index < -0.39 is 11.7 Å². The van der Waals surface area contributed by atoms with Crippen LogP contribution in [0, 0.1) is 17.2 Å². The molecule has 1 aliphatic carbocycles. The van der Waals surface area contributed by atoms with Crippen LogP contribution in [-0.4, -0.2) is 6.10 Å². The van der Waals surface area contributed by atoms with Crippen LogP contribution in [-0.2, 0) is 6.18 Å². The summed E-state index contributed by atoms with van der Waals surface area (Å²) in [6.07, 6.45) is -0.486. The third kappa shape index (κ3) is 3.44. The second-order valence-corrected chi connectivity index (χ2v) is 5.33. The number of halogens is 3. The lowest BCUT2D eigenvalue weighted by Crippen LogP contribution is -2.24. The Kier molecular flexibility index (Phi) is 4.22. The van der Waals surface area contributed by atoms with Gasteiger partial charge in [-0.15, -0.1) is 0 Å². The van der Waals surface area contributed by atoms with Crippen molar-refractivity contribution in [2.45, 2.75) is 44.9 Å². The summed E-state index contributed by atoms with van der Waals surface area (Å²) in [5.74, 6) is 0.799. The monoisotopic (exact) mass is 283 g/mol. The van der Waals surface area contributed by atoms with Gasteiger partial charge in [0.1, 0.15) is 11.8 Å². The van der Waals surface area contributed by atoms with Gasteiger partial charge in [-0.2, -0.15) is 18.4 Å². The van der Waals surface area contributed by atoms with Gasteiger partial charge in [0.25, 0.3) is 0 Å². The fraction of sp³-hybridized carbons (Fsp3) is 0.533. The molecular formula is C15H16F3NO. The minimum atomic E-state index is -4.44. The van der Waals surface area contributed by atoms with Gasteiger partial charge in [-0.3, -0.25) is 0 Å². The minimum absolute atomic E-state index is 0.0115. The molecule has 1 saturated carbocycles. The molecular weight excluding hydrogens is 267 g/mol. The first-order chi connectivity index (χ1) is 9.40. The average molecular weight is 283 g/mol. The third-order valence-electron chi connectivity index (χ3n) is 3.61. The molecule has 20 heavy (non-hydrogen) atoms. The fourth-order valence-corrected chi connectivity index (χ4v) is 2.56. The topological polar surface area (TPSA) is 33.0 Å².